The van der Waals surface area contributed by atoms with Gasteiger partial charge in [0.15, 0.2) is 5.82 Å². The number of aromatic nitrogens is 4. The number of aryl methyl sites for hydroxylation is 1. The molecule has 0 amide bonds. The summed E-state index contributed by atoms with van der Waals surface area (Å²) in [4.78, 5) is 0. The monoisotopic (exact) mass is 269 g/mol. The van der Waals surface area contributed by atoms with Crippen molar-refractivity contribution >= 4 is 0 Å². The minimum atomic E-state index is 0.343. The van der Waals surface area contributed by atoms with E-state index in [1.807, 2.05) is 26.1 Å². The fraction of sp³-hybridized carbons (Fsp3) is 0.467. The Kier molecular flexibility index (Phi) is 4.14. The maximum atomic E-state index is 9.47. The van der Waals surface area contributed by atoms with Crippen molar-refractivity contribution in [2.75, 3.05) is 0 Å². The topological polar surface area (TPSA) is 67.4 Å². The number of nitriles is 1. The normalized spacial score (nSPS) is 10.8. The molecule has 2 rings (SSSR count). The molecule has 104 valence electrons. The first kappa shape index (κ1) is 14.2. The van der Waals surface area contributed by atoms with Crippen LogP contribution in [0, 0.1) is 11.3 Å². The molecule has 0 aliphatic carbocycles. The molecular formula is C15H19N5. The minimum absolute atomic E-state index is 0.343. The zero-order valence-corrected chi connectivity index (χ0v) is 12.4. The van der Waals surface area contributed by atoms with E-state index in [4.69, 9.17) is 0 Å². The minimum Gasteiger partial charge on any atom is -0.219 e. The van der Waals surface area contributed by atoms with Crippen LogP contribution >= 0.6 is 0 Å². The fourth-order valence-electron chi connectivity index (χ4n) is 2.20. The van der Waals surface area contributed by atoms with E-state index in [0.29, 0.717) is 17.3 Å². The fourth-order valence-corrected chi connectivity index (χ4v) is 2.20. The third-order valence-corrected chi connectivity index (χ3v) is 3.36. The third kappa shape index (κ3) is 2.42. The Morgan fingerprint density at radius 1 is 1.25 bits per heavy atom. The van der Waals surface area contributed by atoms with Gasteiger partial charge in [0.05, 0.1) is 11.4 Å². The van der Waals surface area contributed by atoms with Crippen LogP contribution in [0.5, 0.6) is 0 Å². The van der Waals surface area contributed by atoms with E-state index in [1.165, 1.54) is 0 Å². The van der Waals surface area contributed by atoms with E-state index in [0.717, 1.165) is 29.8 Å². The molecule has 0 unspecified atom stereocenters. The molecule has 2 aromatic rings. The van der Waals surface area contributed by atoms with Crippen molar-refractivity contribution in [3.8, 4) is 11.9 Å². The van der Waals surface area contributed by atoms with Gasteiger partial charge in [-0.05, 0) is 30.4 Å². The van der Waals surface area contributed by atoms with Gasteiger partial charge in [0, 0.05) is 6.20 Å². The van der Waals surface area contributed by atoms with Crippen molar-refractivity contribution in [2.45, 2.75) is 46.5 Å². The molecule has 20 heavy (non-hydrogen) atoms. The molecule has 0 saturated carbocycles. The van der Waals surface area contributed by atoms with Crippen LogP contribution in [0.2, 0.25) is 0 Å². The summed E-state index contributed by atoms with van der Waals surface area (Å²) >= 11 is 0. The summed E-state index contributed by atoms with van der Waals surface area (Å²) in [5.74, 6) is 0.865. The van der Waals surface area contributed by atoms with Crippen LogP contribution in [-0.2, 0) is 12.8 Å². The summed E-state index contributed by atoms with van der Waals surface area (Å²) in [6.45, 7) is 8.22. The predicted molar refractivity (Wildman–Crippen MR) is 76.7 cm³/mol. The molecule has 2 heterocycles. The lowest BCUT2D eigenvalue weighted by Crippen LogP contribution is -2.10. The van der Waals surface area contributed by atoms with Gasteiger partial charge < -0.3 is 0 Å². The zero-order valence-electron chi connectivity index (χ0n) is 12.4. The first-order valence-electron chi connectivity index (χ1n) is 6.96. The maximum Gasteiger partial charge on any atom is 0.193 e. The first-order valence-corrected chi connectivity index (χ1v) is 6.96. The molecule has 0 aliphatic rings. The Morgan fingerprint density at radius 3 is 2.50 bits per heavy atom. The molecular weight excluding hydrogens is 250 g/mol. The van der Waals surface area contributed by atoms with Crippen LogP contribution in [0.1, 0.15) is 56.1 Å². The lowest BCUT2D eigenvalue weighted by atomic mass is 10.0. The van der Waals surface area contributed by atoms with Gasteiger partial charge in [-0.25, -0.2) is 4.68 Å². The lowest BCUT2D eigenvalue weighted by molar-refractivity contribution is 0.735. The summed E-state index contributed by atoms with van der Waals surface area (Å²) in [5.41, 5.74) is 3.43. The largest absolute Gasteiger partial charge is 0.219 e. The van der Waals surface area contributed by atoms with Crippen molar-refractivity contribution in [3.63, 3.8) is 0 Å². The van der Waals surface area contributed by atoms with Crippen LogP contribution in [-0.4, -0.2) is 20.0 Å². The quantitative estimate of drug-likeness (QED) is 0.856. The van der Waals surface area contributed by atoms with Gasteiger partial charge in [-0.2, -0.15) is 15.5 Å². The van der Waals surface area contributed by atoms with Gasteiger partial charge in [0.2, 0.25) is 0 Å². The van der Waals surface area contributed by atoms with Crippen molar-refractivity contribution in [3.05, 3.63) is 34.8 Å². The summed E-state index contributed by atoms with van der Waals surface area (Å²) in [6.07, 6.45) is 3.39. The number of nitrogens with zero attached hydrogens (tertiary/aromatic N) is 5. The van der Waals surface area contributed by atoms with E-state index in [-0.39, 0.29) is 0 Å². The highest BCUT2D eigenvalue weighted by Crippen LogP contribution is 2.20. The molecule has 0 fully saturated rings. The molecule has 0 spiro atoms. The smallest absolute Gasteiger partial charge is 0.193 e. The SMILES string of the molecule is CCc1nnc(-n2ccc(C(C)C)n2)c(C#N)c1CC. The van der Waals surface area contributed by atoms with E-state index in [2.05, 4.69) is 35.2 Å². The third-order valence-electron chi connectivity index (χ3n) is 3.36. The molecule has 0 N–H and O–H groups in total. The molecule has 0 saturated heterocycles. The van der Waals surface area contributed by atoms with Crippen molar-refractivity contribution in [1.29, 1.82) is 5.26 Å². The molecule has 2 aromatic heterocycles. The highest BCUT2D eigenvalue weighted by Gasteiger charge is 2.16. The molecule has 0 aromatic carbocycles. The molecule has 5 heteroatoms. The Bertz CT molecular complexity index is 649. The Labute approximate surface area is 119 Å². The molecule has 0 bridgehead atoms. The lowest BCUT2D eigenvalue weighted by Gasteiger charge is -2.10. The maximum absolute atomic E-state index is 9.47. The number of hydrogen-bond donors (Lipinski definition) is 0. The van der Waals surface area contributed by atoms with Crippen LogP contribution in [0.4, 0.5) is 0 Å². The summed E-state index contributed by atoms with van der Waals surface area (Å²) in [6, 6.07) is 4.21. The van der Waals surface area contributed by atoms with Crippen LogP contribution in [0.15, 0.2) is 12.3 Å². The molecule has 5 nitrogen and oxygen atoms in total. The second-order valence-electron chi connectivity index (χ2n) is 4.98. The van der Waals surface area contributed by atoms with Crippen molar-refractivity contribution < 1.29 is 0 Å². The van der Waals surface area contributed by atoms with E-state index < -0.39 is 0 Å². The van der Waals surface area contributed by atoms with Gasteiger partial charge >= 0.3 is 0 Å². The average Bonchev–Trinajstić information content (AvgIpc) is 2.95. The second kappa shape index (κ2) is 5.83. The molecule has 0 atom stereocenters. The second-order valence-corrected chi connectivity index (χ2v) is 4.98. The van der Waals surface area contributed by atoms with Crippen LogP contribution in [0.3, 0.4) is 0 Å². The summed E-state index contributed by atoms with van der Waals surface area (Å²) in [5, 5.41) is 22.4. The Hall–Kier alpha value is -2.22. The van der Waals surface area contributed by atoms with Gasteiger partial charge in [-0.15, -0.1) is 5.10 Å². The first-order chi connectivity index (χ1) is 9.62. The Balaban J connectivity index is 2.59. The molecule has 0 aliphatic heterocycles. The van der Waals surface area contributed by atoms with Crippen LogP contribution in [0.25, 0.3) is 5.82 Å². The summed E-state index contributed by atoms with van der Waals surface area (Å²) < 4.78 is 1.65. The van der Waals surface area contributed by atoms with E-state index >= 15 is 0 Å². The zero-order chi connectivity index (χ0) is 14.7. The van der Waals surface area contributed by atoms with Crippen molar-refractivity contribution in [2.24, 2.45) is 0 Å². The van der Waals surface area contributed by atoms with Crippen LogP contribution < -0.4 is 0 Å². The van der Waals surface area contributed by atoms with Gasteiger partial charge in [0.1, 0.15) is 11.6 Å². The van der Waals surface area contributed by atoms with Crippen molar-refractivity contribution in [1.82, 2.24) is 20.0 Å². The Morgan fingerprint density at radius 2 is 2.00 bits per heavy atom. The average molecular weight is 269 g/mol. The van der Waals surface area contributed by atoms with E-state index in [1.54, 1.807) is 4.68 Å². The van der Waals surface area contributed by atoms with Gasteiger partial charge in [0.25, 0.3) is 0 Å². The van der Waals surface area contributed by atoms with E-state index in [9.17, 15) is 5.26 Å². The number of rotatable bonds is 4. The number of hydrogen-bond acceptors (Lipinski definition) is 4. The predicted octanol–water partition coefficient (Wildman–Crippen LogP) is 2.78. The van der Waals surface area contributed by atoms with Gasteiger partial charge in [-0.3, -0.25) is 0 Å². The standard InChI is InChI=1S/C15H19N5/c1-5-11-12(9-16)15(18-17-13(11)6-2)20-8-7-14(19-20)10(3)4/h7-8,10H,5-6H2,1-4H3. The van der Waals surface area contributed by atoms with Gasteiger partial charge in [-0.1, -0.05) is 27.7 Å². The molecule has 0 radical (unpaired) electrons. The summed E-state index contributed by atoms with van der Waals surface area (Å²) in [7, 11) is 0. The highest BCUT2D eigenvalue weighted by molar-refractivity contribution is 5.49. The highest BCUT2D eigenvalue weighted by atomic mass is 15.3.